The van der Waals surface area contributed by atoms with E-state index in [1.807, 2.05) is 18.2 Å². The third kappa shape index (κ3) is 3.14. The second-order valence-electron chi connectivity index (χ2n) is 8.76. The second-order valence-corrected chi connectivity index (χ2v) is 10.0. The van der Waals surface area contributed by atoms with E-state index in [1.54, 1.807) is 25.3 Å². The molecule has 168 valence electrons. The normalized spacial score (nSPS) is 29.0. The highest BCUT2D eigenvalue weighted by Crippen LogP contribution is 2.61. The van der Waals surface area contributed by atoms with Crippen LogP contribution in [0.25, 0.3) is 0 Å². The predicted octanol–water partition coefficient (Wildman–Crippen LogP) is 4.70. The lowest BCUT2D eigenvalue weighted by Gasteiger charge is -2.48. The number of fused-ring (bicyclic) bond motifs is 3. The maximum atomic E-state index is 13.5. The van der Waals surface area contributed by atoms with E-state index in [9.17, 15) is 4.79 Å². The first-order valence-corrected chi connectivity index (χ1v) is 11.7. The van der Waals surface area contributed by atoms with Crippen molar-refractivity contribution in [3.8, 4) is 11.5 Å². The highest BCUT2D eigenvalue weighted by Gasteiger charge is 2.68. The quantitative estimate of drug-likeness (QED) is 0.478. The molecule has 0 aromatic heterocycles. The second kappa shape index (κ2) is 7.85. The number of hydrazine groups is 1. The molecule has 2 fully saturated rings. The van der Waals surface area contributed by atoms with Gasteiger partial charge in [0.2, 0.25) is 0 Å². The largest absolute Gasteiger partial charge is 0.457 e. The Morgan fingerprint density at radius 1 is 1.12 bits per heavy atom. The molecule has 32 heavy (non-hydrogen) atoms. The molecule has 1 aliphatic heterocycles. The number of hydrogen-bond donors (Lipinski definition) is 2. The van der Waals surface area contributed by atoms with Crippen LogP contribution in [0.4, 0.5) is 0 Å². The first-order valence-electron chi connectivity index (χ1n) is 10.5. The number of ether oxygens (including phenoxy) is 2. The van der Waals surface area contributed by atoms with Gasteiger partial charge in [-0.2, -0.15) is 0 Å². The molecule has 1 heterocycles. The Labute approximate surface area is 201 Å². The average Bonchev–Trinajstić information content (AvgIpc) is 3.15. The number of benzene rings is 2. The van der Waals surface area contributed by atoms with Crippen molar-refractivity contribution in [3.05, 3.63) is 57.6 Å². The number of carbonyl (C=O) groups is 1. The molecule has 2 spiro atoms. The van der Waals surface area contributed by atoms with Crippen molar-refractivity contribution in [2.75, 3.05) is 7.11 Å². The molecule has 0 bridgehead atoms. The molecule has 0 radical (unpaired) electrons. The topological polar surface area (TPSA) is 76.8 Å². The van der Waals surface area contributed by atoms with E-state index >= 15 is 0 Å². The van der Waals surface area contributed by atoms with Crippen molar-refractivity contribution in [2.24, 2.45) is 11.3 Å². The lowest BCUT2D eigenvalue weighted by Crippen LogP contribution is -2.60. The Balaban J connectivity index is 1.59. The minimum atomic E-state index is -1.08. The SMILES string of the molecule is COC1CCC2(CC1)Cc1ccc(Oc3cc(Cl)cc(Cl)c3)cc1C21C(=O)NC(=S)N1N. The summed E-state index contributed by atoms with van der Waals surface area (Å²) in [5.74, 6) is 7.45. The number of carbonyl (C=O) groups excluding carboxylic acids is 1. The van der Waals surface area contributed by atoms with E-state index in [-0.39, 0.29) is 22.5 Å². The first-order chi connectivity index (χ1) is 15.3. The maximum absolute atomic E-state index is 13.5. The number of halogens is 2. The van der Waals surface area contributed by atoms with Crippen LogP contribution >= 0.6 is 35.4 Å². The summed E-state index contributed by atoms with van der Waals surface area (Å²) in [6.07, 6.45) is 4.28. The maximum Gasteiger partial charge on any atom is 0.258 e. The minimum Gasteiger partial charge on any atom is -0.457 e. The van der Waals surface area contributed by atoms with Crippen molar-refractivity contribution in [2.45, 2.75) is 43.7 Å². The summed E-state index contributed by atoms with van der Waals surface area (Å²) in [7, 11) is 1.74. The molecule has 1 atom stereocenters. The van der Waals surface area contributed by atoms with E-state index < -0.39 is 5.54 Å². The number of methoxy groups -OCH3 is 1. The smallest absolute Gasteiger partial charge is 0.258 e. The molecule has 3 aliphatic rings. The zero-order valence-electron chi connectivity index (χ0n) is 17.5. The minimum absolute atomic E-state index is 0.178. The number of nitrogens with one attached hydrogen (secondary N) is 1. The molecule has 6 nitrogen and oxygen atoms in total. The zero-order valence-corrected chi connectivity index (χ0v) is 19.8. The van der Waals surface area contributed by atoms with Crippen molar-refractivity contribution in [1.29, 1.82) is 0 Å². The zero-order chi connectivity index (χ0) is 22.7. The summed E-state index contributed by atoms with van der Waals surface area (Å²) in [5, 5.41) is 5.47. The predicted molar refractivity (Wildman–Crippen MR) is 127 cm³/mol. The van der Waals surface area contributed by atoms with E-state index in [4.69, 9.17) is 50.7 Å². The standard InChI is InChI=1S/C23H23Cl2N3O3S/c1-30-16-4-6-22(7-5-16)12-13-2-3-17(31-18-9-14(24)8-15(25)10-18)11-19(13)23(22)20(29)27-21(32)28(23)26/h2-3,8-11,16H,4-7,12,26H2,1H3,(H,27,29,32). The van der Waals surface area contributed by atoms with Crippen LogP contribution in [-0.4, -0.2) is 29.2 Å². The molecule has 9 heteroatoms. The third-order valence-electron chi connectivity index (χ3n) is 7.19. The van der Waals surface area contributed by atoms with Crippen LogP contribution in [0.1, 0.15) is 36.8 Å². The molecular weight excluding hydrogens is 469 g/mol. The molecule has 1 unspecified atom stereocenters. The van der Waals surface area contributed by atoms with Crippen LogP contribution in [0, 0.1) is 5.41 Å². The number of amides is 1. The van der Waals surface area contributed by atoms with Crippen molar-refractivity contribution in [3.63, 3.8) is 0 Å². The van der Waals surface area contributed by atoms with Crippen LogP contribution in [-0.2, 0) is 21.5 Å². The Hall–Kier alpha value is -1.90. The number of hydrogen-bond acceptors (Lipinski definition) is 5. The third-order valence-corrected chi connectivity index (χ3v) is 7.93. The van der Waals surface area contributed by atoms with Crippen LogP contribution in [0.5, 0.6) is 11.5 Å². The van der Waals surface area contributed by atoms with E-state index in [1.165, 1.54) is 5.01 Å². The summed E-state index contributed by atoms with van der Waals surface area (Å²) >= 11 is 17.6. The van der Waals surface area contributed by atoms with Gasteiger partial charge < -0.3 is 9.47 Å². The summed E-state index contributed by atoms with van der Waals surface area (Å²) in [6.45, 7) is 0. The molecule has 3 N–H and O–H groups in total. The fraction of sp³-hybridized carbons (Fsp3) is 0.391. The highest BCUT2D eigenvalue weighted by atomic mass is 35.5. The van der Waals surface area contributed by atoms with Gasteiger partial charge in [-0.15, -0.1) is 0 Å². The summed E-state index contributed by atoms with van der Waals surface area (Å²) in [5.41, 5.74) is 0.456. The average molecular weight is 492 g/mol. The molecule has 1 saturated heterocycles. The molecule has 1 saturated carbocycles. The Kier molecular flexibility index (Phi) is 5.38. The molecule has 5 rings (SSSR count). The Bertz CT molecular complexity index is 1100. The molecule has 2 aromatic rings. The van der Waals surface area contributed by atoms with Gasteiger partial charge in [-0.3, -0.25) is 15.1 Å². The van der Waals surface area contributed by atoms with E-state index in [0.29, 0.717) is 21.5 Å². The number of nitrogens with two attached hydrogens (primary N) is 1. The molecule has 2 aliphatic carbocycles. The first kappa shape index (κ1) is 21.9. The van der Waals surface area contributed by atoms with Gasteiger partial charge in [0.05, 0.1) is 6.10 Å². The van der Waals surface area contributed by atoms with Gasteiger partial charge in [-0.05, 0) is 85.8 Å². The molecule has 2 aromatic carbocycles. The number of nitrogens with zero attached hydrogens (tertiary/aromatic N) is 1. The van der Waals surface area contributed by atoms with Crippen molar-refractivity contribution in [1.82, 2.24) is 10.3 Å². The fourth-order valence-corrected chi connectivity index (χ4v) is 6.52. The van der Waals surface area contributed by atoms with Gasteiger partial charge >= 0.3 is 0 Å². The lowest BCUT2D eigenvalue weighted by atomic mass is 9.61. The van der Waals surface area contributed by atoms with Crippen molar-refractivity contribution >= 4 is 46.4 Å². The monoisotopic (exact) mass is 491 g/mol. The van der Waals surface area contributed by atoms with Gasteiger partial charge in [0.25, 0.3) is 5.91 Å². The van der Waals surface area contributed by atoms with Crippen LogP contribution in [0.3, 0.4) is 0 Å². The summed E-state index contributed by atoms with van der Waals surface area (Å²) in [6, 6.07) is 10.8. The highest BCUT2D eigenvalue weighted by molar-refractivity contribution is 7.80. The molecular formula is C23H23Cl2N3O3S. The van der Waals surface area contributed by atoms with Crippen molar-refractivity contribution < 1.29 is 14.3 Å². The summed E-state index contributed by atoms with van der Waals surface area (Å²) in [4.78, 5) is 13.5. The van der Waals surface area contributed by atoms with Gasteiger partial charge in [-0.1, -0.05) is 29.3 Å². The fourth-order valence-electron chi connectivity index (χ4n) is 5.79. The van der Waals surface area contributed by atoms with Crippen LogP contribution in [0.2, 0.25) is 10.0 Å². The van der Waals surface area contributed by atoms with Crippen LogP contribution < -0.4 is 15.9 Å². The van der Waals surface area contributed by atoms with Gasteiger partial charge in [0.15, 0.2) is 10.7 Å². The Morgan fingerprint density at radius 3 is 2.41 bits per heavy atom. The van der Waals surface area contributed by atoms with E-state index in [0.717, 1.165) is 43.2 Å². The van der Waals surface area contributed by atoms with Crippen LogP contribution in [0.15, 0.2) is 36.4 Å². The number of thiocarbonyl (C=S) groups is 1. The van der Waals surface area contributed by atoms with Gasteiger partial charge in [0.1, 0.15) is 11.5 Å². The molecule has 1 amide bonds. The summed E-state index contributed by atoms with van der Waals surface area (Å²) < 4.78 is 11.7. The Morgan fingerprint density at radius 2 is 1.81 bits per heavy atom. The lowest BCUT2D eigenvalue weighted by molar-refractivity contribution is -0.138. The van der Waals surface area contributed by atoms with Gasteiger partial charge in [-0.25, -0.2) is 5.84 Å². The number of rotatable bonds is 3. The van der Waals surface area contributed by atoms with Gasteiger partial charge in [0, 0.05) is 22.6 Å². The van der Waals surface area contributed by atoms with E-state index in [2.05, 4.69) is 5.32 Å².